The van der Waals surface area contributed by atoms with Gasteiger partial charge in [0.2, 0.25) is 17.7 Å². The number of nitrogens with zero attached hydrogens (tertiary/aromatic N) is 1. The second-order valence-electron chi connectivity index (χ2n) is 5.77. The Hall–Kier alpha value is -1.76. The van der Waals surface area contributed by atoms with E-state index in [-0.39, 0.29) is 19.3 Å². The number of imide groups is 2. The van der Waals surface area contributed by atoms with Gasteiger partial charge in [-0.05, 0) is 19.3 Å². The van der Waals surface area contributed by atoms with Crippen molar-refractivity contribution in [2.24, 2.45) is 5.41 Å². The minimum atomic E-state index is -1.64. The maximum atomic E-state index is 12.7. The lowest BCUT2D eigenvalue weighted by atomic mass is 9.80. The topological polar surface area (TPSA) is 104 Å². The molecule has 0 radical (unpaired) electrons. The average Bonchev–Trinajstić information content (AvgIpc) is 2.72. The van der Waals surface area contributed by atoms with Crippen LogP contribution in [0.3, 0.4) is 0 Å². The Kier molecular flexibility index (Phi) is 3.88. The van der Waals surface area contributed by atoms with Crippen LogP contribution in [0.1, 0.15) is 46.0 Å². The number of carbonyl (C=O) groups is 4. The summed E-state index contributed by atoms with van der Waals surface area (Å²) in [6.07, 6.45) is 0.991. The van der Waals surface area contributed by atoms with Gasteiger partial charge in [0.25, 0.3) is 5.91 Å². The lowest BCUT2D eigenvalue weighted by Crippen LogP contribution is -2.66. The third kappa shape index (κ3) is 2.07. The van der Waals surface area contributed by atoms with Crippen LogP contribution in [0.25, 0.3) is 0 Å². The van der Waals surface area contributed by atoms with Crippen LogP contribution in [0.4, 0.5) is 0 Å². The van der Waals surface area contributed by atoms with Gasteiger partial charge >= 0.3 is 0 Å². The van der Waals surface area contributed by atoms with E-state index in [2.05, 4.69) is 5.32 Å². The highest BCUT2D eigenvalue weighted by Gasteiger charge is 2.60. The van der Waals surface area contributed by atoms with Crippen molar-refractivity contribution in [1.29, 1.82) is 0 Å². The molecule has 1 unspecified atom stereocenters. The SMILES string of the molecule is CCC1(CC)CC(=O)N(C2(CO)CCC(=O)NC2=O)C1=O. The van der Waals surface area contributed by atoms with Gasteiger partial charge in [-0.1, -0.05) is 13.8 Å². The van der Waals surface area contributed by atoms with E-state index < -0.39 is 41.2 Å². The Balaban J connectivity index is 2.44. The van der Waals surface area contributed by atoms with Gasteiger partial charge in [0.05, 0.1) is 12.0 Å². The van der Waals surface area contributed by atoms with Gasteiger partial charge in [0.1, 0.15) is 0 Å². The molecule has 0 aliphatic carbocycles. The smallest absolute Gasteiger partial charge is 0.255 e. The van der Waals surface area contributed by atoms with E-state index in [1.807, 2.05) is 13.8 Å². The maximum Gasteiger partial charge on any atom is 0.255 e. The Labute approximate surface area is 122 Å². The van der Waals surface area contributed by atoms with Crippen molar-refractivity contribution in [1.82, 2.24) is 10.2 Å². The van der Waals surface area contributed by atoms with Crippen molar-refractivity contribution in [3.8, 4) is 0 Å². The summed E-state index contributed by atoms with van der Waals surface area (Å²) >= 11 is 0. The quantitative estimate of drug-likeness (QED) is 0.694. The number of aliphatic hydroxyl groups excluding tert-OH is 1. The molecule has 7 nitrogen and oxygen atoms in total. The molecule has 2 rings (SSSR count). The first kappa shape index (κ1) is 15.6. The second-order valence-corrected chi connectivity index (χ2v) is 5.77. The second kappa shape index (κ2) is 5.22. The zero-order valence-electron chi connectivity index (χ0n) is 12.3. The zero-order chi connectivity index (χ0) is 15.8. The fourth-order valence-corrected chi connectivity index (χ4v) is 3.20. The number of rotatable bonds is 4. The Bertz CT molecular complexity index is 511. The Morgan fingerprint density at radius 3 is 2.24 bits per heavy atom. The van der Waals surface area contributed by atoms with Crippen molar-refractivity contribution in [2.45, 2.75) is 51.5 Å². The van der Waals surface area contributed by atoms with E-state index in [0.29, 0.717) is 12.8 Å². The fraction of sp³-hybridized carbons (Fsp3) is 0.714. The van der Waals surface area contributed by atoms with Gasteiger partial charge in [0.15, 0.2) is 5.54 Å². The molecule has 2 fully saturated rings. The average molecular weight is 296 g/mol. The highest BCUT2D eigenvalue weighted by atomic mass is 16.3. The predicted molar refractivity (Wildman–Crippen MR) is 71.7 cm³/mol. The summed E-state index contributed by atoms with van der Waals surface area (Å²) in [6, 6.07) is 0. The van der Waals surface area contributed by atoms with Gasteiger partial charge < -0.3 is 5.11 Å². The van der Waals surface area contributed by atoms with Crippen LogP contribution in [0, 0.1) is 5.41 Å². The molecule has 0 saturated carbocycles. The molecule has 2 N–H and O–H groups in total. The zero-order valence-corrected chi connectivity index (χ0v) is 12.3. The molecule has 0 spiro atoms. The summed E-state index contributed by atoms with van der Waals surface area (Å²) in [7, 11) is 0. The van der Waals surface area contributed by atoms with Crippen molar-refractivity contribution in [2.75, 3.05) is 6.61 Å². The molecular weight excluding hydrogens is 276 g/mol. The maximum absolute atomic E-state index is 12.7. The van der Waals surface area contributed by atoms with E-state index in [1.54, 1.807) is 0 Å². The van der Waals surface area contributed by atoms with Crippen LogP contribution >= 0.6 is 0 Å². The molecule has 4 amide bonds. The summed E-state index contributed by atoms with van der Waals surface area (Å²) in [5.74, 6) is -2.11. The number of hydrogen-bond donors (Lipinski definition) is 2. The normalized spacial score (nSPS) is 29.0. The van der Waals surface area contributed by atoms with Gasteiger partial charge in [-0.3, -0.25) is 29.4 Å². The molecule has 7 heteroatoms. The van der Waals surface area contributed by atoms with Crippen LogP contribution in [0.5, 0.6) is 0 Å². The molecule has 2 heterocycles. The van der Waals surface area contributed by atoms with Crippen molar-refractivity contribution >= 4 is 23.6 Å². The number of hydrogen-bond acceptors (Lipinski definition) is 5. The lowest BCUT2D eigenvalue weighted by Gasteiger charge is -2.40. The number of likely N-dealkylation sites (tertiary alicyclic amines) is 1. The van der Waals surface area contributed by atoms with Crippen LogP contribution < -0.4 is 5.32 Å². The minimum absolute atomic E-state index is 0.00535. The Morgan fingerprint density at radius 2 is 1.81 bits per heavy atom. The highest BCUT2D eigenvalue weighted by Crippen LogP contribution is 2.43. The predicted octanol–water partition coefficient (Wildman–Crippen LogP) is -0.281. The first-order chi connectivity index (χ1) is 9.86. The van der Waals surface area contributed by atoms with E-state index in [9.17, 15) is 24.3 Å². The van der Waals surface area contributed by atoms with Gasteiger partial charge in [-0.25, -0.2) is 0 Å². The molecule has 2 aliphatic heterocycles. The van der Waals surface area contributed by atoms with Crippen LogP contribution in [0.15, 0.2) is 0 Å². The molecule has 1 atom stereocenters. The monoisotopic (exact) mass is 296 g/mol. The molecule has 0 aromatic carbocycles. The van der Waals surface area contributed by atoms with Crippen LogP contribution in [0.2, 0.25) is 0 Å². The van der Waals surface area contributed by atoms with Crippen molar-refractivity contribution < 1.29 is 24.3 Å². The summed E-state index contributed by atoms with van der Waals surface area (Å²) in [6.45, 7) is 2.98. The third-order valence-electron chi connectivity index (χ3n) is 4.88. The summed E-state index contributed by atoms with van der Waals surface area (Å²) < 4.78 is 0. The third-order valence-corrected chi connectivity index (χ3v) is 4.88. The van der Waals surface area contributed by atoms with Crippen LogP contribution in [-0.4, -0.2) is 45.8 Å². The van der Waals surface area contributed by atoms with E-state index in [4.69, 9.17) is 0 Å². The molecule has 2 aliphatic rings. The van der Waals surface area contributed by atoms with Gasteiger partial charge in [0, 0.05) is 12.8 Å². The summed E-state index contributed by atoms with van der Waals surface area (Å²) in [4.78, 5) is 49.4. The van der Waals surface area contributed by atoms with E-state index in [0.717, 1.165) is 4.90 Å². The molecular formula is C14H20N2O5. The van der Waals surface area contributed by atoms with E-state index in [1.165, 1.54) is 0 Å². The standard InChI is InChI=1S/C14H20N2O5/c1-3-13(4-2)7-10(19)16(12(13)21)14(8-17)6-5-9(18)15-11(14)20/h17H,3-8H2,1-2H3,(H,15,18,20). The number of amides is 4. The van der Waals surface area contributed by atoms with Crippen molar-refractivity contribution in [3.05, 3.63) is 0 Å². The summed E-state index contributed by atoms with van der Waals surface area (Å²) in [5, 5.41) is 11.8. The first-order valence-corrected chi connectivity index (χ1v) is 7.19. The van der Waals surface area contributed by atoms with Gasteiger partial charge in [-0.15, -0.1) is 0 Å². The molecule has 21 heavy (non-hydrogen) atoms. The fourth-order valence-electron chi connectivity index (χ4n) is 3.20. The van der Waals surface area contributed by atoms with E-state index >= 15 is 0 Å². The first-order valence-electron chi connectivity index (χ1n) is 7.19. The number of carbonyl (C=O) groups excluding carboxylic acids is 4. The molecule has 0 aromatic heterocycles. The number of aliphatic hydroxyl groups is 1. The number of piperidine rings is 1. The largest absolute Gasteiger partial charge is 0.393 e. The number of nitrogens with one attached hydrogen (secondary N) is 1. The van der Waals surface area contributed by atoms with Gasteiger partial charge in [-0.2, -0.15) is 0 Å². The minimum Gasteiger partial charge on any atom is -0.393 e. The highest BCUT2D eigenvalue weighted by molar-refractivity contribution is 6.13. The molecule has 2 saturated heterocycles. The van der Waals surface area contributed by atoms with Crippen molar-refractivity contribution in [3.63, 3.8) is 0 Å². The lowest BCUT2D eigenvalue weighted by molar-refractivity contribution is -0.163. The molecule has 0 bridgehead atoms. The molecule has 116 valence electrons. The summed E-state index contributed by atoms with van der Waals surface area (Å²) in [5.41, 5.74) is -2.45. The van der Waals surface area contributed by atoms with Crippen LogP contribution in [-0.2, 0) is 19.2 Å². The molecule has 0 aromatic rings. The Morgan fingerprint density at radius 1 is 1.19 bits per heavy atom.